The topological polar surface area (TPSA) is 59.0 Å². The first kappa shape index (κ1) is 23.2. The molecule has 0 fully saturated rings. The minimum atomic E-state index is -4.55. The van der Waals surface area contributed by atoms with Crippen molar-refractivity contribution in [1.82, 2.24) is 9.78 Å². The zero-order valence-electron chi connectivity index (χ0n) is 16.9. The van der Waals surface area contributed by atoms with Gasteiger partial charge in [0.25, 0.3) is 0 Å². The molecule has 2 aromatic carbocycles. The molecule has 0 atom stereocenters. The Labute approximate surface area is 179 Å². The van der Waals surface area contributed by atoms with Gasteiger partial charge in [0.1, 0.15) is 0 Å². The maximum atomic E-state index is 12.9. The number of benzene rings is 2. The van der Waals surface area contributed by atoms with Gasteiger partial charge in [-0.15, -0.1) is 0 Å². The van der Waals surface area contributed by atoms with Crippen LogP contribution in [-0.4, -0.2) is 15.8 Å². The molecule has 0 unspecified atom stereocenters. The first-order valence-electron chi connectivity index (χ1n) is 9.30. The standard InChI is InChI=1S/C21H18F6N4O/c1-12-18(29-19(32)28-17-8-4-7-16(10-17)21(25,26)27)13(2)31(30-12)11-14-5-3-6-15(9-14)20(22,23)24/h3-10H,11H2,1-2H3,(H2,28,29,32). The van der Waals surface area contributed by atoms with Gasteiger partial charge in [0.2, 0.25) is 0 Å². The number of rotatable bonds is 4. The Hall–Kier alpha value is -3.50. The minimum Gasteiger partial charge on any atom is -0.308 e. The van der Waals surface area contributed by atoms with E-state index in [1.165, 1.54) is 28.9 Å². The predicted molar refractivity (Wildman–Crippen MR) is 106 cm³/mol. The smallest absolute Gasteiger partial charge is 0.308 e. The summed E-state index contributed by atoms with van der Waals surface area (Å²) in [4.78, 5) is 12.3. The number of halogens is 6. The number of aryl methyl sites for hydroxylation is 1. The van der Waals surface area contributed by atoms with Crippen LogP contribution in [0.1, 0.15) is 28.1 Å². The van der Waals surface area contributed by atoms with E-state index in [9.17, 15) is 31.1 Å². The molecule has 0 bridgehead atoms. The zero-order chi connectivity index (χ0) is 23.7. The highest BCUT2D eigenvalue weighted by Gasteiger charge is 2.31. The van der Waals surface area contributed by atoms with Crippen molar-refractivity contribution in [3.8, 4) is 0 Å². The molecule has 32 heavy (non-hydrogen) atoms. The van der Waals surface area contributed by atoms with Gasteiger partial charge in [-0.3, -0.25) is 4.68 Å². The Kier molecular flexibility index (Phi) is 6.20. The molecule has 0 saturated carbocycles. The monoisotopic (exact) mass is 456 g/mol. The number of carbonyl (C=O) groups excluding carboxylic acids is 1. The van der Waals surface area contributed by atoms with Gasteiger partial charge in [0.05, 0.1) is 34.7 Å². The average Bonchev–Trinajstić information content (AvgIpc) is 2.94. The number of nitrogens with one attached hydrogen (secondary N) is 2. The maximum absolute atomic E-state index is 12.9. The Morgan fingerprint density at radius 3 is 2.12 bits per heavy atom. The third-order valence-electron chi connectivity index (χ3n) is 4.65. The van der Waals surface area contributed by atoms with E-state index >= 15 is 0 Å². The molecule has 3 aromatic rings. The van der Waals surface area contributed by atoms with Gasteiger partial charge in [-0.1, -0.05) is 18.2 Å². The maximum Gasteiger partial charge on any atom is 0.416 e. The molecule has 1 aromatic heterocycles. The van der Waals surface area contributed by atoms with Gasteiger partial charge < -0.3 is 10.6 Å². The third kappa shape index (κ3) is 5.40. The second-order valence-electron chi connectivity index (χ2n) is 7.06. The highest BCUT2D eigenvalue weighted by atomic mass is 19.4. The lowest BCUT2D eigenvalue weighted by Gasteiger charge is -2.11. The molecule has 5 nitrogen and oxygen atoms in total. The molecular weight excluding hydrogens is 438 g/mol. The zero-order valence-corrected chi connectivity index (χ0v) is 16.9. The van der Waals surface area contributed by atoms with Crippen LogP contribution in [-0.2, 0) is 18.9 Å². The van der Waals surface area contributed by atoms with Crippen molar-refractivity contribution in [2.24, 2.45) is 0 Å². The molecule has 2 N–H and O–H groups in total. The summed E-state index contributed by atoms with van der Waals surface area (Å²) >= 11 is 0. The van der Waals surface area contributed by atoms with E-state index < -0.39 is 29.5 Å². The molecule has 3 rings (SSSR count). The number of aromatic nitrogens is 2. The van der Waals surface area contributed by atoms with Crippen LogP contribution in [0.2, 0.25) is 0 Å². The summed E-state index contributed by atoms with van der Waals surface area (Å²) in [5.41, 5.74) is -0.199. The van der Waals surface area contributed by atoms with E-state index in [-0.39, 0.29) is 12.2 Å². The number of amides is 2. The largest absolute Gasteiger partial charge is 0.416 e. The van der Waals surface area contributed by atoms with Crippen LogP contribution in [0.4, 0.5) is 42.5 Å². The summed E-state index contributed by atoms with van der Waals surface area (Å²) in [7, 11) is 0. The van der Waals surface area contributed by atoms with Crippen LogP contribution >= 0.6 is 0 Å². The Balaban J connectivity index is 1.75. The molecule has 1 heterocycles. The number of hydrogen-bond acceptors (Lipinski definition) is 2. The van der Waals surface area contributed by atoms with Crippen molar-refractivity contribution >= 4 is 17.4 Å². The number of urea groups is 1. The molecule has 0 spiro atoms. The Bertz CT molecular complexity index is 1130. The van der Waals surface area contributed by atoms with Gasteiger partial charge in [0.15, 0.2) is 0 Å². The highest BCUT2D eigenvalue weighted by Crippen LogP contribution is 2.31. The summed E-state index contributed by atoms with van der Waals surface area (Å²) in [5, 5.41) is 9.11. The molecule has 0 aliphatic carbocycles. The third-order valence-corrected chi connectivity index (χ3v) is 4.65. The van der Waals surface area contributed by atoms with Crippen molar-refractivity contribution in [2.45, 2.75) is 32.7 Å². The highest BCUT2D eigenvalue weighted by molar-refractivity contribution is 6.00. The van der Waals surface area contributed by atoms with E-state index in [2.05, 4.69) is 15.7 Å². The number of hydrogen-bond donors (Lipinski definition) is 2. The van der Waals surface area contributed by atoms with Crippen LogP contribution in [0.3, 0.4) is 0 Å². The molecular formula is C21H18F6N4O. The second kappa shape index (κ2) is 8.56. The van der Waals surface area contributed by atoms with E-state index in [1.807, 2.05) is 0 Å². The lowest BCUT2D eigenvalue weighted by Crippen LogP contribution is -2.20. The molecule has 0 aliphatic rings. The van der Waals surface area contributed by atoms with Gasteiger partial charge >= 0.3 is 18.4 Å². The minimum absolute atomic E-state index is 0.0352. The summed E-state index contributed by atoms with van der Waals surface area (Å²) in [5.74, 6) is 0. The van der Waals surface area contributed by atoms with Crippen molar-refractivity contribution in [2.75, 3.05) is 10.6 Å². The Morgan fingerprint density at radius 2 is 1.50 bits per heavy atom. The van der Waals surface area contributed by atoms with Gasteiger partial charge in [-0.05, 0) is 49.7 Å². The number of carbonyl (C=O) groups is 1. The molecule has 2 amide bonds. The number of anilines is 2. The van der Waals surface area contributed by atoms with E-state index in [4.69, 9.17) is 0 Å². The van der Waals surface area contributed by atoms with Crippen LogP contribution in [0.15, 0.2) is 48.5 Å². The van der Waals surface area contributed by atoms with Gasteiger partial charge in [-0.2, -0.15) is 31.4 Å². The normalized spacial score (nSPS) is 12.0. The van der Waals surface area contributed by atoms with E-state index in [0.717, 1.165) is 24.3 Å². The first-order chi connectivity index (χ1) is 14.8. The molecule has 0 aliphatic heterocycles. The van der Waals surface area contributed by atoms with Crippen LogP contribution in [0.25, 0.3) is 0 Å². The van der Waals surface area contributed by atoms with Crippen LogP contribution in [0, 0.1) is 13.8 Å². The van der Waals surface area contributed by atoms with Crippen molar-refractivity contribution in [3.63, 3.8) is 0 Å². The molecule has 0 saturated heterocycles. The van der Waals surface area contributed by atoms with Gasteiger partial charge in [-0.25, -0.2) is 4.79 Å². The second-order valence-corrected chi connectivity index (χ2v) is 7.06. The SMILES string of the molecule is Cc1nn(Cc2cccc(C(F)(F)F)c2)c(C)c1NC(=O)Nc1cccc(C(F)(F)F)c1. The fraction of sp³-hybridized carbons (Fsp3) is 0.238. The van der Waals surface area contributed by atoms with Crippen LogP contribution < -0.4 is 10.6 Å². The number of alkyl halides is 6. The molecule has 170 valence electrons. The fourth-order valence-electron chi connectivity index (χ4n) is 3.10. The van der Waals surface area contributed by atoms with E-state index in [0.29, 0.717) is 22.6 Å². The van der Waals surface area contributed by atoms with Crippen molar-refractivity contribution in [1.29, 1.82) is 0 Å². The van der Waals surface area contributed by atoms with Crippen LogP contribution in [0.5, 0.6) is 0 Å². The average molecular weight is 456 g/mol. The van der Waals surface area contributed by atoms with E-state index in [1.54, 1.807) is 13.8 Å². The summed E-state index contributed by atoms with van der Waals surface area (Å²) in [6, 6.07) is 8.19. The number of nitrogens with zero attached hydrogens (tertiary/aromatic N) is 2. The fourth-order valence-corrected chi connectivity index (χ4v) is 3.10. The quantitative estimate of drug-likeness (QED) is 0.458. The van der Waals surface area contributed by atoms with Crippen molar-refractivity contribution < 1.29 is 31.1 Å². The predicted octanol–water partition coefficient (Wildman–Crippen LogP) is 6.23. The Morgan fingerprint density at radius 1 is 0.906 bits per heavy atom. The summed E-state index contributed by atoms with van der Waals surface area (Å²) in [6.07, 6.45) is -9.02. The summed E-state index contributed by atoms with van der Waals surface area (Å²) < 4.78 is 78.7. The lowest BCUT2D eigenvalue weighted by molar-refractivity contribution is -0.138. The molecule has 0 radical (unpaired) electrons. The van der Waals surface area contributed by atoms with Gasteiger partial charge in [0, 0.05) is 5.69 Å². The van der Waals surface area contributed by atoms with Crippen molar-refractivity contribution in [3.05, 3.63) is 76.6 Å². The lowest BCUT2D eigenvalue weighted by atomic mass is 10.1. The first-order valence-corrected chi connectivity index (χ1v) is 9.30. The summed E-state index contributed by atoms with van der Waals surface area (Å²) in [6.45, 7) is 3.25. The molecule has 11 heteroatoms.